The molecule has 0 amide bonds. The SMILES string of the molecule is NC(N)=NCCC[C@H](N)C(=O)O.O=C(O)C1=CC2=CC=CCN2C=C1. The maximum absolute atomic E-state index is 10.6. The molecule has 0 saturated carbocycles. The van der Waals surface area contributed by atoms with Gasteiger partial charge >= 0.3 is 11.9 Å². The molecule has 2 aliphatic rings. The van der Waals surface area contributed by atoms with Crippen LogP contribution in [0.15, 0.2) is 52.8 Å². The van der Waals surface area contributed by atoms with Gasteiger partial charge in [0.15, 0.2) is 5.96 Å². The Morgan fingerprint density at radius 2 is 2.04 bits per heavy atom. The van der Waals surface area contributed by atoms with E-state index in [2.05, 4.69) is 4.99 Å². The van der Waals surface area contributed by atoms with E-state index >= 15 is 0 Å². The number of nitrogens with two attached hydrogens (primary N) is 3. The predicted octanol–water partition coefficient (Wildman–Crippen LogP) is -0.268. The topological polar surface area (TPSA) is 168 Å². The smallest absolute Gasteiger partial charge is 0.335 e. The van der Waals surface area contributed by atoms with Gasteiger partial charge in [0, 0.05) is 25.0 Å². The van der Waals surface area contributed by atoms with E-state index in [1.807, 2.05) is 23.1 Å². The van der Waals surface area contributed by atoms with Crippen LogP contribution in [0.3, 0.4) is 0 Å². The lowest BCUT2D eigenvalue weighted by atomic mass is 10.1. The number of nitrogens with zero attached hydrogens (tertiary/aromatic N) is 2. The normalized spacial score (nSPS) is 15.8. The van der Waals surface area contributed by atoms with Gasteiger partial charge in [-0.2, -0.15) is 0 Å². The number of aliphatic imine (C=N–C) groups is 1. The zero-order chi connectivity index (χ0) is 18.8. The lowest BCUT2D eigenvalue weighted by molar-refractivity contribution is -0.138. The Balaban J connectivity index is 0.000000252. The van der Waals surface area contributed by atoms with Crippen molar-refractivity contribution in [1.82, 2.24) is 4.90 Å². The van der Waals surface area contributed by atoms with E-state index in [0.717, 1.165) is 12.2 Å². The molecule has 0 aliphatic carbocycles. The standard InChI is InChI=1S/C10H9NO2.C6H14N4O2/c12-10(13)8-4-6-11-5-2-1-3-9(11)7-8;7-4(5(11)12)2-1-3-10-6(8)9/h1-4,6-7H,5H2,(H,12,13);4H,1-3,7H2,(H,11,12)(H4,8,9,10)/t;4-/m.0/s1. The highest BCUT2D eigenvalue weighted by molar-refractivity contribution is 5.90. The third-order valence-corrected chi connectivity index (χ3v) is 3.31. The number of hydrogen-bond acceptors (Lipinski definition) is 5. The van der Waals surface area contributed by atoms with Gasteiger partial charge in [-0.3, -0.25) is 9.79 Å². The van der Waals surface area contributed by atoms with Gasteiger partial charge in [-0.25, -0.2) is 4.79 Å². The van der Waals surface area contributed by atoms with Crippen molar-refractivity contribution in [3.63, 3.8) is 0 Å². The number of hydrogen-bond donors (Lipinski definition) is 5. The fraction of sp³-hybridized carbons (Fsp3) is 0.312. The number of aliphatic carboxylic acids is 2. The zero-order valence-electron chi connectivity index (χ0n) is 13.7. The van der Waals surface area contributed by atoms with Crippen LogP contribution in [-0.2, 0) is 9.59 Å². The van der Waals surface area contributed by atoms with E-state index in [-0.39, 0.29) is 5.96 Å². The predicted molar refractivity (Wildman–Crippen MR) is 94.3 cm³/mol. The Labute approximate surface area is 145 Å². The first kappa shape index (κ1) is 20.0. The first-order chi connectivity index (χ1) is 11.8. The largest absolute Gasteiger partial charge is 0.480 e. The van der Waals surface area contributed by atoms with E-state index in [1.165, 1.54) is 0 Å². The van der Waals surface area contributed by atoms with Crippen molar-refractivity contribution in [3.8, 4) is 0 Å². The molecule has 2 heterocycles. The van der Waals surface area contributed by atoms with E-state index < -0.39 is 18.0 Å². The molecule has 2 rings (SSSR count). The van der Waals surface area contributed by atoms with Crippen LogP contribution in [-0.4, -0.2) is 52.1 Å². The summed E-state index contributed by atoms with van der Waals surface area (Å²) in [5, 5.41) is 17.1. The van der Waals surface area contributed by atoms with Crippen LogP contribution in [0.25, 0.3) is 0 Å². The van der Waals surface area contributed by atoms with Crippen LogP contribution in [0, 0.1) is 0 Å². The molecule has 0 radical (unpaired) electrons. The minimum atomic E-state index is -1.00. The minimum absolute atomic E-state index is 0.0129. The molecule has 9 heteroatoms. The van der Waals surface area contributed by atoms with Crippen molar-refractivity contribution in [2.45, 2.75) is 18.9 Å². The Morgan fingerprint density at radius 1 is 1.32 bits per heavy atom. The molecule has 8 N–H and O–H groups in total. The molecular formula is C16H23N5O4. The molecule has 0 aromatic carbocycles. The number of carbonyl (C=O) groups is 2. The maximum Gasteiger partial charge on any atom is 0.335 e. The van der Waals surface area contributed by atoms with E-state index in [0.29, 0.717) is 25.0 Å². The van der Waals surface area contributed by atoms with Gasteiger partial charge in [0.2, 0.25) is 0 Å². The maximum atomic E-state index is 10.6. The zero-order valence-corrected chi connectivity index (χ0v) is 13.7. The van der Waals surface area contributed by atoms with Crippen LogP contribution in [0.5, 0.6) is 0 Å². The lowest BCUT2D eigenvalue weighted by Gasteiger charge is -2.25. The van der Waals surface area contributed by atoms with Crippen LogP contribution in [0.4, 0.5) is 0 Å². The quantitative estimate of drug-likeness (QED) is 0.248. The van der Waals surface area contributed by atoms with Gasteiger partial charge in [0.25, 0.3) is 0 Å². The molecule has 0 saturated heterocycles. The molecule has 136 valence electrons. The molecule has 0 aromatic rings. The second kappa shape index (κ2) is 9.93. The van der Waals surface area contributed by atoms with Gasteiger partial charge in [-0.05, 0) is 31.1 Å². The molecule has 2 aliphatic heterocycles. The fourth-order valence-corrected chi connectivity index (χ4v) is 1.97. The summed E-state index contributed by atoms with van der Waals surface area (Å²) >= 11 is 0. The second-order valence-corrected chi connectivity index (χ2v) is 5.29. The number of allylic oxidation sites excluding steroid dienone is 3. The van der Waals surface area contributed by atoms with Crippen LogP contribution in [0.1, 0.15) is 12.8 Å². The van der Waals surface area contributed by atoms with E-state index in [1.54, 1.807) is 18.4 Å². The molecule has 1 atom stereocenters. The van der Waals surface area contributed by atoms with Crippen molar-refractivity contribution in [1.29, 1.82) is 0 Å². The number of fused-ring (bicyclic) bond motifs is 1. The lowest BCUT2D eigenvalue weighted by Crippen LogP contribution is -2.30. The molecule has 0 unspecified atom stereocenters. The molecule has 25 heavy (non-hydrogen) atoms. The van der Waals surface area contributed by atoms with Gasteiger partial charge in [0.05, 0.1) is 5.57 Å². The van der Waals surface area contributed by atoms with Crippen LogP contribution >= 0.6 is 0 Å². The summed E-state index contributed by atoms with van der Waals surface area (Å²) in [6.45, 7) is 1.23. The van der Waals surface area contributed by atoms with Crippen molar-refractivity contribution in [2.24, 2.45) is 22.2 Å². The molecule has 0 bridgehead atoms. The molecular weight excluding hydrogens is 326 g/mol. The van der Waals surface area contributed by atoms with Gasteiger partial charge in [-0.15, -0.1) is 0 Å². The Hall–Kier alpha value is -3.07. The molecule has 9 nitrogen and oxygen atoms in total. The summed E-state index contributed by atoms with van der Waals surface area (Å²) in [4.78, 5) is 26.5. The summed E-state index contributed by atoms with van der Waals surface area (Å²) in [5.74, 6) is -1.87. The van der Waals surface area contributed by atoms with Gasteiger partial charge < -0.3 is 32.3 Å². The highest BCUT2D eigenvalue weighted by Crippen LogP contribution is 2.19. The van der Waals surface area contributed by atoms with Crippen molar-refractivity contribution >= 4 is 17.9 Å². The minimum Gasteiger partial charge on any atom is -0.480 e. The van der Waals surface area contributed by atoms with Crippen molar-refractivity contribution in [3.05, 3.63) is 47.9 Å². The highest BCUT2D eigenvalue weighted by atomic mass is 16.4. The second-order valence-electron chi connectivity index (χ2n) is 5.29. The summed E-state index contributed by atoms with van der Waals surface area (Å²) < 4.78 is 0. The third-order valence-electron chi connectivity index (χ3n) is 3.31. The summed E-state index contributed by atoms with van der Waals surface area (Å²) in [7, 11) is 0. The van der Waals surface area contributed by atoms with Crippen molar-refractivity contribution < 1.29 is 19.8 Å². The molecule has 0 spiro atoms. The number of carboxylic acid groups (broad SMARTS) is 2. The monoisotopic (exact) mass is 349 g/mol. The van der Waals surface area contributed by atoms with Crippen LogP contribution < -0.4 is 17.2 Å². The van der Waals surface area contributed by atoms with Crippen molar-refractivity contribution in [2.75, 3.05) is 13.1 Å². The first-order valence-electron chi connectivity index (χ1n) is 7.61. The Kier molecular flexibility index (Phi) is 7.94. The average Bonchev–Trinajstić information content (AvgIpc) is 2.58. The van der Waals surface area contributed by atoms with Gasteiger partial charge in [0.1, 0.15) is 6.04 Å². The number of rotatable bonds is 6. The highest BCUT2D eigenvalue weighted by Gasteiger charge is 2.14. The number of carboxylic acids is 2. The Morgan fingerprint density at radius 3 is 2.64 bits per heavy atom. The van der Waals surface area contributed by atoms with Gasteiger partial charge in [-0.1, -0.05) is 12.2 Å². The summed E-state index contributed by atoms with van der Waals surface area (Å²) in [5.41, 5.74) is 16.6. The van der Waals surface area contributed by atoms with E-state index in [9.17, 15) is 9.59 Å². The Bertz CT molecular complexity index is 645. The number of guanidine groups is 1. The summed E-state index contributed by atoms with van der Waals surface area (Å²) in [6, 6.07) is -0.820. The molecule has 0 aromatic heterocycles. The summed E-state index contributed by atoms with van der Waals surface area (Å²) in [6.07, 6.45) is 11.9. The average molecular weight is 349 g/mol. The fourth-order valence-electron chi connectivity index (χ4n) is 1.97. The van der Waals surface area contributed by atoms with Crippen LogP contribution in [0.2, 0.25) is 0 Å². The molecule has 0 fully saturated rings. The first-order valence-corrected chi connectivity index (χ1v) is 7.61. The third kappa shape index (κ3) is 7.36. The van der Waals surface area contributed by atoms with E-state index in [4.69, 9.17) is 27.4 Å².